The second-order valence-electron chi connectivity index (χ2n) is 2.92. The van der Waals surface area contributed by atoms with Crippen LogP contribution in [0.4, 0.5) is 5.69 Å². The van der Waals surface area contributed by atoms with E-state index in [2.05, 4.69) is 5.32 Å². The molecule has 1 aromatic rings. The first-order valence-corrected chi connectivity index (χ1v) is 5.94. The van der Waals surface area contributed by atoms with Gasteiger partial charge in [-0.05, 0) is 24.3 Å². The fourth-order valence-electron chi connectivity index (χ4n) is 0.957. The number of nitrogens with one attached hydrogen (secondary N) is 1. The Labute approximate surface area is 102 Å². The van der Waals surface area contributed by atoms with Crippen molar-refractivity contribution in [1.82, 2.24) is 0 Å². The number of carboxylic acids is 1. The van der Waals surface area contributed by atoms with Crippen molar-refractivity contribution in [3.8, 4) is 0 Å². The zero-order chi connectivity index (χ0) is 12.0. The monoisotopic (exact) mass is 258 g/mol. The Morgan fingerprint density at radius 1 is 1.25 bits per heavy atom. The van der Waals surface area contributed by atoms with Crippen LogP contribution in [-0.2, 0) is 9.59 Å². The summed E-state index contributed by atoms with van der Waals surface area (Å²) in [6.07, 6.45) is 0. The number of benzene rings is 1. The lowest BCUT2D eigenvalue weighted by Crippen LogP contribution is -2.25. The van der Waals surface area contributed by atoms with E-state index in [0.717, 1.165) is 11.8 Å². The van der Waals surface area contributed by atoms with Crippen LogP contribution in [0.2, 0.25) is 5.02 Å². The Kier molecular flexibility index (Phi) is 5.14. The van der Waals surface area contributed by atoms with Crippen LogP contribution in [0, 0.1) is 0 Å². The second kappa shape index (κ2) is 6.40. The maximum Gasteiger partial charge on any atom is 0.234 e. The summed E-state index contributed by atoms with van der Waals surface area (Å²) in [4.78, 5) is 21.4. The fraction of sp³-hybridized carbons (Fsp3) is 0.200. The van der Waals surface area contributed by atoms with E-state index in [9.17, 15) is 14.7 Å². The molecule has 4 nitrogen and oxygen atoms in total. The molecule has 0 aromatic heterocycles. The van der Waals surface area contributed by atoms with Crippen LogP contribution >= 0.6 is 23.4 Å². The normalized spacial score (nSPS) is 9.81. The number of thioether (sulfide) groups is 1. The third-order valence-corrected chi connectivity index (χ3v) is 2.74. The summed E-state index contributed by atoms with van der Waals surface area (Å²) in [5.74, 6) is -1.54. The highest BCUT2D eigenvalue weighted by Gasteiger charge is 2.02. The number of hydrogen-bond acceptors (Lipinski definition) is 4. The lowest BCUT2D eigenvalue weighted by atomic mass is 10.3. The standard InChI is InChI=1S/C10H10ClNO3S/c11-7-1-3-8(4-2-7)12-9(13)5-16-6-10(14)15/h1-4H,5-6H2,(H,12,13)(H,14,15)/p-1. The molecule has 1 amide bonds. The van der Waals surface area contributed by atoms with Crippen molar-refractivity contribution >= 4 is 40.9 Å². The van der Waals surface area contributed by atoms with Crippen LogP contribution in [-0.4, -0.2) is 23.4 Å². The van der Waals surface area contributed by atoms with E-state index in [4.69, 9.17) is 11.6 Å². The number of anilines is 1. The lowest BCUT2D eigenvalue weighted by molar-refractivity contribution is -0.301. The van der Waals surface area contributed by atoms with E-state index in [1.165, 1.54) is 0 Å². The largest absolute Gasteiger partial charge is 0.549 e. The van der Waals surface area contributed by atoms with E-state index in [-0.39, 0.29) is 17.4 Å². The van der Waals surface area contributed by atoms with E-state index in [1.807, 2.05) is 0 Å². The molecule has 0 bridgehead atoms. The van der Waals surface area contributed by atoms with Crippen LogP contribution in [0.25, 0.3) is 0 Å². The Hall–Kier alpha value is -1.20. The minimum Gasteiger partial charge on any atom is -0.549 e. The minimum atomic E-state index is -1.18. The quantitative estimate of drug-likeness (QED) is 0.847. The summed E-state index contributed by atoms with van der Waals surface area (Å²) in [5.41, 5.74) is 0.628. The summed E-state index contributed by atoms with van der Waals surface area (Å²) in [6, 6.07) is 6.66. The molecular weight excluding hydrogens is 250 g/mol. The van der Waals surface area contributed by atoms with E-state index >= 15 is 0 Å². The zero-order valence-corrected chi connectivity index (χ0v) is 9.81. The van der Waals surface area contributed by atoms with Crippen molar-refractivity contribution in [2.75, 3.05) is 16.8 Å². The van der Waals surface area contributed by atoms with Gasteiger partial charge in [-0.15, -0.1) is 11.8 Å². The van der Waals surface area contributed by atoms with Crippen molar-refractivity contribution in [1.29, 1.82) is 0 Å². The number of carboxylic acid groups (broad SMARTS) is 1. The maximum absolute atomic E-state index is 11.3. The van der Waals surface area contributed by atoms with Crippen LogP contribution in [0.1, 0.15) is 0 Å². The van der Waals surface area contributed by atoms with Gasteiger partial charge in [0.2, 0.25) is 5.91 Å². The molecule has 0 saturated heterocycles. The maximum atomic E-state index is 11.3. The Balaban J connectivity index is 2.34. The summed E-state index contributed by atoms with van der Waals surface area (Å²) in [5, 5.41) is 13.3. The summed E-state index contributed by atoms with van der Waals surface area (Å²) in [7, 11) is 0. The Bertz CT molecular complexity index is 380. The molecule has 1 aromatic carbocycles. The number of hydrogen-bond donors (Lipinski definition) is 1. The molecule has 0 atom stereocenters. The lowest BCUT2D eigenvalue weighted by Gasteiger charge is -2.05. The second-order valence-corrected chi connectivity index (χ2v) is 4.34. The fourth-order valence-corrected chi connectivity index (χ4v) is 1.61. The predicted octanol–water partition coefficient (Wildman–Crippen LogP) is 0.762. The van der Waals surface area contributed by atoms with Crippen molar-refractivity contribution in [3.05, 3.63) is 29.3 Å². The Morgan fingerprint density at radius 3 is 2.44 bits per heavy atom. The van der Waals surface area contributed by atoms with Gasteiger partial charge >= 0.3 is 0 Å². The van der Waals surface area contributed by atoms with Crippen molar-refractivity contribution in [3.63, 3.8) is 0 Å². The molecule has 0 aliphatic rings. The van der Waals surface area contributed by atoms with Gasteiger partial charge in [0, 0.05) is 16.5 Å². The van der Waals surface area contributed by atoms with Gasteiger partial charge in [0.15, 0.2) is 0 Å². The molecule has 0 radical (unpaired) electrons. The molecule has 0 unspecified atom stereocenters. The van der Waals surface area contributed by atoms with Gasteiger partial charge in [0.25, 0.3) is 0 Å². The number of amides is 1. The smallest absolute Gasteiger partial charge is 0.234 e. The van der Waals surface area contributed by atoms with E-state index < -0.39 is 5.97 Å². The SMILES string of the molecule is O=C([O-])CSCC(=O)Nc1ccc(Cl)cc1. The molecule has 0 fully saturated rings. The zero-order valence-electron chi connectivity index (χ0n) is 8.23. The topological polar surface area (TPSA) is 69.2 Å². The number of aliphatic carboxylic acids is 1. The highest BCUT2D eigenvalue weighted by atomic mass is 35.5. The predicted molar refractivity (Wildman–Crippen MR) is 62.4 cm³/mol. The van der Waals surface area contributed by atoms with Crippen LogP contribution in [0.15, 0.2) is 24.3 Å². The first-order valence-electron chi connectivity index (χ1n) is 4.41. The van der Waals surface area contributed by atoms with Crippen molar-refractivity contribution < 1.29 is 14.7 Å². The molecule has 0 spiro atoms. The summed E-state index contributed by atoms with van der Waals surface area (Å²) < 4.78 is 0. The third-order valence-electron chi connectivity index (χ3n) is 1.58. The average Bonchev–Trinajstić information content (AvgIpc) is 2.21. The molecule has 16 heavy (non-hydrogen) atoms. The van der Waals surface area contributed by atoms with Crippen LogP contribution < -0.4 is 10.4 Å². The van der Waals surface area contributed by atoms with Gasteiger partial charge < -0.3 is 15.2 Å². The number of carbonyl (C=O) groups excluding carboxylic acids is 2. The molecule has 6 heteroatoms. The summed E-state index contributed by atoms with van der Waals surface area (Å²) in [6.45, 7) is 0. The number of rotatable bonds is 5. The van der Waals surface area contributed by atoms with Gasteiger partial charge in [-0.2, -0.15) is 0 Å². The molecular formula is C10H9ClNO3S-. The average molecular weight is 259 g/mol. The molecule has 0 heterocycles. The number of halogens is 1. The van der Waals surface area contributed by atoms with Crippen molar-refractivity contribution in [2.45, 2.75) is 0 Å². The Morgan fingerprint density at radius 2 is 1.88 bits per heavy atom. The third kappa shape index (κ3) is 5.04. The van der Waals surface area contributed by atoms with Crippen molar-refractivity contribution in [2.24, 2.45) is 0 Å². The van der Waals surface area contributed by atoms with Crippen LogP contribution in [0.5, 0.6) is 0 Å². The summed E-state index contributed by atoms with van der Waals surface area (Å²) >= 11 is 6.67. The highest BCUT2D eigenvalue weighted by molar-refractivity contribution is 8.00. The number of carbonyl (C=O) groups is 2. The molecule has 1 N–H and O–H groups in total. The highest BCUT2D eigenvalue weighted by Crippen LogP contribution is 2.13. The molecule has 0 aliphatic carbocycles. The minimum absolute atomic E-state index is 0.0800. The van der Waals surface area contributed by atoms with Gasteiger partial charge in [0.1, 0.15) is 0 Å². The van der Waals surface area contributed by atoms with E-state index in [1.54, 1.807) is 24.3 Å². The molecule has 1 rings (SSSR count). The van der Waals surface area contributed by atoms with Gasteiger partial charge in [-0.3, -0.25) is 4.79 Å². The first-order chi connectivity index (χ1) is 7.58. The van der Waals surface area contributed by atoms with Crippen LogP contribution in [0.3, 0.4) is 0 Å². The van der Waals surface area contributed by atoms with Gasteiger partial charge in [-0.1, -0.05) is 11.6 Å². The van der Waals surface area contributed by atoms with Gasteiger partial charge in [0.05, 0.1) is 11.7 Å². The van der Waals surface area contributed by atoms with Gasteiger partial charge in [-0.25, -0.2) is 0 Å². The molecule has 0 aliphatic heterocycles. The van der Waals surface area contributed by atoms with E-state index in [0.29, 0.717) is 10.7 Å². The first kappa shape index (κ1) is 12.9. The molecule has 0 saturated carbocycles. The molecule has 86 valence electrons.